The Morgan fingerprint density at radius 2 is 0.955 bits per heavy atom. The molecule has 67 heavy (non-hydrogen) atoms. The minimum absolute atomic E-state index is 0.268. The summed E-state index contributed by atoms with van der Waals surface area (Å²) in [6.45, 7) is 4.28. The largest absolute Gasteiger partial charge is 0.507 e. The Hall–Kier alpha value is -8.38. The molecule has 0 aliphatic rings. The number of thiophene rings is 1. The van der Waals surface area contributed by atoms with Crippen molar-refractivity contribution in [3.63, 3.8) is 0 Å². The maximum absolute atomic E-state index is 12.5. The van der Waals surface area contributed by atoms with Gasteiger partial charge in [0.15, 0.2) is 0 Å². The van der Waals surface area contributed by atoms with Crippen molar-refractivity contribution in [1.29, 1.82) is 0 Å². The van der Waals surface area contributed by atoms with E-state index in [4.69, 9.17) is 0 Å². The first-order valence-corrected chi connectivity index (χ1v) is 23.6. The average Bonchev–Trinajstić information content (AvgIpc) is 4.02. The third-order valence-electron chi connectivity index (χ3n) is 13.7. The van der Waals surface area contributed by atoms with Gasteiger partial charge < -0.3 is 19.6 Å². The Balaban J connectivity index is 0.971. The van der Waals surface area contributed by atoms with Gasteiger partial charge in [0, 0.05) is 70.8 Å². The molecule has 4 nitrogen and oxygen atoms in total. The third-order valence-corrected chi connectivity index (χ3v) is 14.9. The Labute approximate surface area is 391 Å². The number of benzene rings is 10. The first-order valence-electron chi connectivity index (χ1n) is 22.8. The zero-order chi connectivity index (χ0) is 44.8. The molecular weight excluding hydrogens is 835 g/mol. The summed E-state index contributed by atoms with van der Waals surface area (Å²) in [7, 11) is 0. The fourth-order valence-corrected chi connectivity index (χ4v) is 11.7. The molecule has 0 atom stereocenters. The molecule has 3 heterocycles. The van der Waals surface area contributed by atoms with E-state index in [1.165, 1.54) is 47.6 Å². The van der Waals surface area contributed by atoms with Crippen molar-refractivity contribution in [3.05, 3.63) is 223 Å². The monoisotopic (exact) mass is 877 g/mol. The summed E-state index contributed by atoms with van der Waals surface area (Å²) in [5.41, 5.74) is 17.1. The van der Waals surface area contributed by atoms with Gasteiger partial charge in [-0.2, -0.15) is 0 Å². The highest BCUT2D eigenvalue weighted by Gasteiger charge is 2.22. The lowest BCUT2D eigenvalue weighted by Gasteiger charge is -2.17. The molecule has 0 amide bonds. The number of aryl methyl sites for hydroxylation is 2. The van der Waals surface area contributed by atoms with Gasteiger partial charge in [0.25, 0.3) is 0 Å². The summed E-state index contributed by atoms with van der Waals surface area (Å²) < 4.78 is 7.25. The second kappa shape index (κ2) is 15.4. The van der Waals surface area contributed by atoms with Crippen LogP contribution in [0.2, 0.25) is 0 Å². The van der Waals surface area contributed by atoms with Crippen molar-refractivity contribution in [3.8, 4) is 50.5 Å². The van der Waals surface area contributed by atoms with E-state index in [9.17, 15) is 5.11 Å². The number of hydrogen-bond donors (Lipinski definition) is 2. The maximum Gasteiger partial charge on any atom is 0.131 e. The number of rotatable bonds is 7. The molecule has 2 N–H and O–H groups in total. The fraction of sp³-hybridized carbons (Fsp3) is 0.0323. The lowest BCUT2D eigenvalue weighted by atomic mass is 9.93. The zero-order valence-electron chi connectivity index (χ0n) is 37.0. The van der Waals surface area contributed by atoms with E-state index >= 15 is 0 Å². The van der Waals surface area contributed by atoms with E-state index in [2.05, 4.69) is 241 Å². The van der Waals surface area contributed by atoms with Gasteiger partial charge in [-0.25, -0.2) is 0 Å². The molecule has 13 rings (SSSR count). The average molecular weight is 878 g/mol. The number of fused-ring (bicyclic) bond motifs is 9. The predicted molar refractivity (Wildman–Crippen MR) is 285 cm³/mol. The van der Waals surface area contributed by atoms with E-state index in [1.807, 2.05) is 11.3 Å². The number of aromatic hydroxyl groups is 1. The lowest BCUT2D eigenvalue weighted by molar-refractivity contribution is 0.479. The first kappa shape index (κ1) is 39.0. The van der Waals surface area contributed by atoms with Gasteiger partial charge in [-0.15, -0.1) is 11.3 Å². The van der Waals surface area contributed by atoms with Gasteiger partial charge in [-0.1, -0.05) is 140 Å². The number of anilines is 2. The van der Waals surface area contributed by atoms with Crippen molar-refractivity contribution in [1.82, 2.24) is 9.13 Å². The minimum atomic E-state index is 0.268. The smallest absolute Gasteiger partial charge is 0.131 e. The van der Waals surface area contributed by atoms with Crippen LogP contribution in [0.1, 0.15) is 11.1 Å². The van der Waals surface area contributed by atoms with E-state index in [0.717, 1.165) is 83.4 Å². The quantitative estimate of drug-likeness (QED) is 0.167. The molecule has 0 bridgehead atoms. The van der Waals surface area contributed by atoms with Crippen molar-refractivity contribution in [2.24, 2.45) is 0 Å². The van der Waals surface area contributed by atoms with Gasteiger partial charge in [0.05, 0.1) is 32.5 Å². The third kappa shape index (κ3) is 6.20. The highest BCUT2D eigenvalue weighted by Crippen LogP contribution is 2.46. The van der Waals surface area contributed by atoms with Gasteiger partial charge in [0.2, 0.25) is 0 Å². The summed E-state index contributed by atoms with van der Waals surface area (Å²) in [5.74, 6) is 0.268. The molecule has 10 aromatic carbocycles. The van der Waals surface area contributed by atoms with E-state index < -0.39 is 0 Å². The summed E-state index contributed by atoms with van der Waals surface area (Å²) in [4.78, 5) is 0. The second-order valence-electron chi connectivity index (χ2n) is 17.6. The van der Waals surface area contributed by atoms with Crippen LogP contribution in [0.5, 0.6) is 5.75 Å². The Bertz CT molecular complexity index is 4080. The number of hydrogen-bond acceptors (Lipinski definition) is 3. The Kier molecular flexibility index (Phi) is 8.95. The van der Waals surface area contributed by atoms with Crippen LogP contribution in [0.4, 0.5) is 11.4 Å². The summed E-state index contributed by atoms with van der Waals surface area (Å²) in [6.07, 6.45) is 0. The Morgan fingerprint density at radius 1 is 0.403 bits per heavy atom. The highest BCUT2D eigenvalue weighted by molar-refractivity contribution is 7.26. The second-order valence-corrected chi connectivity index (χ2v) is 18.7. The van der Waals surface area contributed by atoms with Crippen LogP contribution in [-0.4, -0.2) is 14.2 Å². The van der Waals surface area contributed by atoms with Gasteiger partial charge in [-0.3, -0.25) is 0 Å². The molecule has 0 aliphatic heterocycles. The number of para-hydroxylation sites is 4. The summed E-state index contributed by atoms with van der Waals surface area (Å²) in [6, 6.07) is 75.8. The minimum Gasteiger partial charge on any atom is -0.507 e. The SMILES string of the molecule is Cc1ccccc1-c1ccccc1Nc1ccc2sc3c(-n4c5ccccc5c5cc(-c6cc(-n7c8ccccc8c8ccccc87)cc(-c7ccccc7C)c6O)ccc54)cccc3c2c1. The molecule has 0 fully saturated rings. The van der Waals surface area contributed by atoms with Crippen molar-refractivity contribution < 1.29 is 5.11 Å². The molecule has 0 radical (unpaired) electrons. The predicted octanol–water partition coefficient (Wildman–Crippen LogP) is 17.3. The van der Waals surface area contributed by atoms with Gasteiger partial charge >= 0.3 is 0 Å². The standard InChI is InChI=1S/C62H43N3OS/c1-38-16-3-5-18-43(38)45-20-7-11-25-54(45)63-41-31-33-60-52(35-41)49-24-15-29-59(62(49)67-60)65-57-28-14-10-23-48(57)51-34-40(30-32-58(51)65)50-36-42(37-53(61(50)66)44-19-6-4-17-39(44)2)64-55-26-12-8-21-46(55)47-22-9-13-27-56(47)64/h3-37,63,66H,1-2H3. The number of nitrogens with zero attached hydrogens (tertiary/aromatic N) is 2. The lowest BCUT2D eigenvalue weighted by Crippen LogP contribution is -1.97. The van der Waals surface area contributed by atoms with Crippen LogP contribution < -0.4 is 5.32 Å². The first-order chi connectivity index (χ1) is 33.0. The number of phenolic OH excluding ortho intramolecular Hbond substituents is 1. The highest BCUT2D eigenvalue weighted by atomic mass is 32.1. The van der Waals surface area contributed by atoms with E-state index in [0.29, 0.717) is 0 Å². The molecule has 0 unspecified atom stereocenters. The van der Waals surface area contributed by atoms with Gasteiger partial charge in [-0.05, 0) is 114 Å². The van der Waals surface area contributed by atoms with Gasteiger partial charge in [0.1, 0.15) is 5.75 Å². The molecule has 5 heteroatoms. The maximum atomic E-state index is 12.5. The molecule has 3 aromatic heterocycles. The topological polar surface area (TPSA) is 42.1 Å². The molecule has 318 valence electrons. The van der Waals surface area contributed by atoms with E-state index in [-0.39, 0.29) is 5.75 Å². The zero-order valence-corrected chi connectivity index (χ0v) is 37.8. The molecular formula is C62H43N3OS. The summed E-state index contributed by atoms with van der Waals surface area (Å²) in [5, 5.41) is 23.4. The molecule has 0 saturated carbocycles. The molecule has 0 spiro atoms. The van der Waals surface area contributed by atoms with Crippen LogP contribution in [0.15, 0.2) is 212 Å². The van der Waals surface area contributed by atoms with E-state index in [1.54, 1.807) is 0 Å². The van der Waals surface area contributed by atoms with Crippen LogP contribution >= 0.6 is 11.3 Å². The summed E-state index contributed by atoms with van der Waals surface area (Å²) >= 11 is 1.84. The number of phenols is 1. The van der Waals surface area contributed by atoms with Crippen molar-refractivity contribution in [2.45, 2.75) is 13.8 Å². The van der Waals surface area contributed by atoms with Crippen LogP contribution in [0.25, 0.3) is 109 Å². The molecule has 13 aromatic rings. The molecule has 0 aliphatic carbocycles. The van der Waals surface area contributed by atoms with Crippen LogP contribution in [-0.2, 0) is 0 Å². The molecule has 0 saturated heterocycles. The number of nitrogens with one attached hydrogen (secondary N) is 1. The fourth-order valence-electron chi connectivity index (χ4n) is 10.5. The van der Waals surface area contributed by atoms with Crippen LogP contribution in [0, 0.1) is 13.8 Å². The Morgan fingerprint density at radius 3 is 1.66 bits per heavy atom. The van der Waals surface area contributed by atoms with Crippen LogP contribution in [0.3, 0.4) is 0 Å². The van der Waals surface area contributed by atoms with Crippen molar-refractivity contribution in [2.75, 3.05) is 5.32 Å². The van der Waals surface area contributed by atoms with Crippen molar-refractivity contribution >= 4 is 86.5 Å². The normalized spacial score (nSPS) is 11.8. The number of aromatic nitrogens is 2.